The molecule has 0 amide bonds. The van der Waals surface area contributed by atoms with Crippen molar-refractivity contribution >= 4 is 21.4 Å². The Balaban J connectivity index is 1.62. The van der Waals surface area contributed by atoms with Crippen LogP contribution in [0.3, 0.4) is 0 Å². The van der Waals surface area contributed by atoms with Crippen LogP contribution in [0.15, 0.2) is 95.9 Å². The summed E-state index contributed by atoms with van der Waals surface area (Å²) in [6.45, 7) is 1.86. The van der Waals surface area contributed by atoms with E-state index in [9.17, 15) is 31.1 Å². The zero-order valence-corrected chi connectivity index (χ0v) is 26.3. The lowest BCUT2D eigenvalue weighted by molar-refractivity contribution is -0.137. The average Bonchev–Trinajstić information content (AvgIpc) is 2.99. The summed E-state index contributed by atoms with van der Waals surface area (Å²) in [5.41, 5.74) is 1.13. The van der Waals surface area contributed by atoms with Gasteiger partial charge in [-0.1, -0.05) is 84.4 Å². The van der Waals surface area contributed by atoms with Crippen molar-refractivity contribution in [1.29, 1.82) is 0 Å². The summed E-state index contributed by atoms with van der Waals surface area (Å²) in [7, 11) is -3.85. The van der Waals surface area contributed by atoms with Crippen LogP contribution in [-0.4, -0.2) is 43.9 Å². The number of aliphatic hydroxyl groups excluding tert-OH is 1. The molecule has 0 unspecified atom stereocenters. The van der Waals surface area contributed by atoms with Gasteiger partial charge in [0.05, 0.1) is 28.2 Å². The average molecular weight is 664 g/mol. The van der Waals surface area contributed by atoms with Gasteiger partial charge in [-0.3, -0.25) is 4.90 Å². The zero-order valence-electron chi connectivity index (χ0n) is 24.8. The fourth-order valence-corrected chi connectivity index (χ4v) is 6.46. The molecular formula is C34H34ClF4NO4S. The van der Waals surface area contributed by atoms with Crippen molar-refractivity contribution in [2.24, 2.45) is 0 Å². The normalized spacial score (nSPS) is 12.9. The first-order chi connectivity index (χ1) is 21.3. The Hall–Kier alpha value is -3.44. The molecule has 0 radical (unpaired) electrons. The van der Waals surface area contributed by atoms with Crippen molar-refractivity contribution in [3.05, 3.63) is 130 Å². The second-order valence-electron chi connectivity index (χ2n) is 10.9. The maximum atomic E-state index is 14.7. The molecule has 0 saturated carbocycles. The van der Waals surface area contributed by atoms with Gasteiger partial charge in [-0.25, -0.2) is 12.8 Å². The molecule has 0 spiro atoms. The van der Waals surface area contributed by atoms with Gasteiger partial charge in [0.15, 0.2) is 9.84 Å². The van der Waals surface area contributed by atoms with Crippen molar-refractivity contribution in [3.63, 3.8) is 0 Å². The quantitative estimate of drug-likeness (QED) is 0.147. The molecule has 0 fully saturated rings. The van der Waals surface area contributed by atoms with E-state index in [4.69, 9.17) is 16.3 Å². The summed E-state index contributed by atoms with van der Waals surface area (Å²) in [5, 5.41) is 9.14. The standard InChI is InChI=1S/C34H34ClF4NO4S/c1-23(44-27-18-31(36)29(22-41)32(19-27)45(2,42)43)16-17-40(20-26-14-9-15-30(33(26)35)34(37,38)39)21-28(24-10-5-3-6-11-24)25-12-7-4-8-13-25/h3-15,18-19,23,28,41H,16-17,20-22H2,1-2H3/t23-/m1/s1. The van der Waals surface area contributed by atoms with E-state index in [1.807, 2.05) is 65.6 Å². The molecule has 0 aromatic heterocycles. The van der Waals surface area contributed by atoms with Crippen molar-refractivity contribution < 1.29 is 35.8 Å². The minimum Gasteiger partial charge on any atom is -0.491 e. The fourth-order valence-electron chi connectivity index (χ4n) is 5.22. The number of rotatable bonds is 13. The first-order valence-electron chi connectivity index (χ1n) is 14.2. The fraction of sp³-hybridized carbons (Fsp3) is 0.294. The third-order valence-corrected chi connectivity index (χ3v) is 9.11. The molecular weight excluding hydrogens is 630 g/mol. The lowest BCUT2D eigenvalue weighted by atomic mass is 9.90. The molecule has 4 aromatic carbocycles. The van der Waals surface area contributed by atoms with Gasteiger partial charge in [-0.05, 0) is 42.2 Å². The second-order valence-corrected chi connectivity index (χ2v) is 13.3. The van der Waals surface area contributed by atoms with E-state index in [1.54, 1.807) is 13.0 Å². The maximum absolute atomic E-state index is 14.7. The van der Waals surface area contributed by atoms with Crippen molar-refractivity contribution in [3.8, 4) is 5.75 Å². The maximum Gasteiger partial charge on any atom is 0.417 e. The Bertz CT molecular complexity index is 1650. The summed E-state index contributed by atoms with van der Waals surface area (Å²) < 4.78 is 86.0. The molecule has 1 N–H and O–H groups in total. The van der Waals surface area contributed by atoms with Crippen molar-refractivity contribution in [2.75, 3.05) is 19.3 Å². The molecule has 4 rings (SSSR count). The Labute approximate surface area is 266 Å². The van der Waals surface area contributed by atoms with Crippen LogP contribution < -0.4 is 4.74 Å². The molecule has 0 aliphatic rings. The zero-order chi connectivity index (χ0) is 32.8. The molecule has 0 heterocycles. The number of aliphatic hydroxyl groups is 1. The Morgan fingerprint density at radius 1 is 0.933 bits per heavy atom. The third-order valence-electron chi connectivity index (χ3n) is 7.50. The predicted molar refractivity (Wildman–Crippen MR) is 167 cm³/mol. The Morgan fingerprint density at radius 2 is 1.53 bits per heavy atom. The first kappa shape index (κ1) is 34.4. The minimum atomic E-state index is -4.61. The number of halogens is 5. The summed E-state index contributed by atoms with van der Waals surface area (Å²) >= 11 is 6.30. The van der Waals surface area contributed by atoms with Gasteiger partial charge >= 0.3 is 6.18 Å². The summed E-state index contributed by atoms with van der Waals surface area (Å²) in [6.07, 6.45) is -3.86. The molecule has 0 saturated heterocycles. The largest absolute Gasteiger partial charge is 0.491 e. The smallest absolute Gasteiger partial charge is 0.417 e. The molecule has 5 nitrogen and oxygen atoms in total. The molecule has 0 aliphatic carbocycles. The van der Waals surface area contributed by atoms with Gasteiger partial charge in [0.2, 0.25) is 0 Å². The highest BCUT2D eigenvalue weighted by Crippen LogP contribution is 2.37. The van der Waals surface area contributed by atoms with Crippen LogP contribution in [0.25, 0.3) is 0 Å². The number of benzene rings is 4. The molecule has 11 heteroatoms. The van der Waals surface area contributed by atoms with Gasteiger partial charge in [0, 0.05) is 43.4 Å². The van der Waals surface area contributed by atoms with Crippen LogP contribution in [0, 0.1) is 5.82 Å². The first-order valence-corrected chi connectivity index (χ1v) is 16.5. The van der Waals surface area contributed by atoms with Crippen LogP contribution in [-0.2, 0) is 29.2 Å². The highest BCUT2D eigenvalue weighted by atomic mass is 35.5. The minimum absolute atomic E-state index is 0.0171. The van der Waals surface area contributed by atoms with Crippen molar-refractivity contribution in [1.82, 2.24) is 4.90 Å². The SMILES string of the molecule is C[C@H](CCN(Cc1cccc(C(F)(F)F)c1Cl)CC(c1ccccc1)c1ccccc1)Oc1cc(F)c(CO)c(S(C)(=O)=O)c1. The van der Waals surface area contributed by atoms with E-state index < -0.39 is 40.1 Å². The summed E-state index contributed by atoms with van der Waals surface area (Å²) in [5.74, 6) is -1.04. The van der Waals surface area contributed by atoms with Gasteiger partial charge in [0.1, 0.15) is 11.6 Å². The number of nitrogens with zero attached hydrogens (tertiary/aromatic N) is 1. The Kier molecular flexibility index (Phi) is 11.3. The topological polar surface area (TPSA) is 66.8 Å². The van der Waals surface area contributed by atoms with Gasteiger partial charge in [0.25, 0.3) is 0 Å². The second kappa shape index (κ2) is 14.8. The Morgan fingerprint density at radius 3 is 2.07 bits per heavy atom. The number of hydrogen-bond donors (Lipinski definition) is 1. The van der Waals surface area contributed by atoms with Gasteiger partial charge < -0.3 is 9.84 Å². The molecule has 1 atom stereocenters. The van der Waals surface area contributed by atoms with Crippen LogP contribution in [0.2, 0.25) is 5.02 Å². The van der Waals surface area contributed by atoms with E-state index in [2.05, 4.69) is 0 Å². The number of hydrogen-bond acceptors (Lipinski definition) is 5. The van der Waals surface area contributed by atoms with Crippen LogP contribution in [0.1, 0.15) is 47.1 Å². The van der Waals surface area contributed by atoms with Crippen LogP contribution >= 0.6 is 11.6 Å². The summed E-state index contributed by atoms with van der Waals surface area (Å²) in [4.78, 5) is 1.64. The number of ether oxygens (including phenoxy) is 1. The lowest BCUT2D eigenvalue weighted by Crippen LogP contribution is -2.32. The number of alkyl halides is 3. The highest BCUT2D eigenvalue weighted by Gasteiger charge is 2.34. The molecule has 0 aliphatic heterocycles. The predicted octanol–water partition coefficient (Wildman–Crippen LogP) is 7.89. The number of sulfone groups is 1. The van der Waals surface area contributed by atoms with E-state index >= 15 is 0 Å². The van der Waals surface area contributed by atoms with Gasteiger partial charge in [-0.15, -0.1) is 0 Å². The van der Waals surface area contributed by atoms with Gasteiger partial charge in [-0.2, -0.15) is 13.2 Å². The van der Waals surface area contributed by atoms with E-state index in [0.29, 0.717) is 25.1 Å². The van der Waals surface area contributed by atoms with E-state index in [0.717, 1.165) is 29.5 Å². The summed E-state index contributed by atoms with van der Waals surface area (Å²) in [6, 6.07) is 25.6. The van der Waals surface area contributed by atoms with E-state index in [-0.39, 0.29) is 33.7 Å². The monoisotopic (exact) mass is 663 g/mol. The molecule has 0 bridgehead atoms. The third kappa shape index (κ3) is 9.07. The lowest BCUT2D eigenvalue weighted by Gasteiger charge is -2.30. The molecule has 4 aromatic rings. The molecule has 45 heavy (non-hydrogen) atoms. The van der Waals surface area contributed by atoms with E-state index in [1.165, 1.54) is 12.1 Å². The molecule has 240 valence electrons. The highest BCUT2D eigenvalue weighted by molar-refractivity contribution is 7.90. The van der Waals surface area contributed by atoms with Crippen LogP contribution in [0.5, 0.6) is 5.75 Å². The van der Waals surface area contributed by atoms with Crippen LogP contribution in [0.4, 0.5) is 17.6 Å². The van der Waals surface area contributed by atoms with Crippen molar-refractivity contribution in [2.45, 2.75) is 49.6 Å².